The number of amides is 1. The van der Waals surface area contributed by atoms with Gasteiger partial charge in [0.15, 0.2) is 5.78 Å². The van der Waals surface area contributed by atoms with Crippen LogP contribution in [0.25, 0.3) is 0 Å². The Morgan fingerprint density at radius 3 is 2.77 bits per heavy atom. The van der Waals surface area contributed by atoms with E-state index in [1.165, 1.54) is 11.9 Å². The van der Waals surface area contributed by atoms with Crippen molar-refractivity contribution in [1.29, 1.82) is 0 Å². The summed E-state index contributed by atoms with van der Waals surface area (Å²) in [6, 6.07) is 10.1. The molecule has 4 rings (SSSR count). The van der Waals surface area contributed by atoms with E-state index in [2.05, 4.69) is 32.1 Å². The van der Waals surface area contributed by atoms with Gasteiger partial charge >= 0.3 is 0 Å². The number of benzene rings is 1. The van der Waals surface area contributed by atoms with Crippen molar-refractivity contribution in [2.45, 2.75) is 58.7 Å². The Bertz CT molecular complexity index is 1040. The van der Waals surface area contributed by atoms with Gasteiger partial charge in [0.2, 0.25) is 5.91 Å². The normalized spacial score (nSPS) is 14.4. The number of carbonyl (C=O) groups is 2. The molecule has 0 radical (unpaired) electrons. The van der Waals surface area contributed by atoms with Crippen LogP contribution in [0.2, 0.25) is 0 Å². The van der Waals surface area contributed by atoms with E-state index in [0.29, 0.717) is 19.5 Å². The molecule has 1 amide bonds. The number of Topliss-reactive ketones (excluding diaryl/α,β-unsaturated/α-hetero) is 1. The molecule has 1 aliphatic rings. The third kappa shape index (κ3) is 4.20. The molecule has 0 unspecified atom stereocenters. The average Bonchev–Trinajstić information content (AvgIpc) is 3.31. The Morgan fingerprint density at radius 1 is 1.23 bits per heavy atom. The Morgan fingerprint density at radius 2 is 2.03 bits per heavy atom. The molecule has 7 nitrogen and oxygen atoms in total. The lowest BCUT2D eigenvalue weighted by atomic mass is 9.92. The van der Waals surface area contributed by atoms with E-state index in [9.17, 15) is 9.59 Å². The summed E-state index contributed by atoms with van der Waals surface area (Å²) in [5, 5.41) is 7.11. The Labute approximate surface area is 176 Å². The van der Waals surface area contributed by atoms with Gasteiger partial charge in [0.25, 0.3) is 0 Å². The van der Waals surface area contributed by atoms with E-state index in [1.807, 2.05) is 32.0 Å². The van der Waals surface area contributed by atoms with Gasteiger partial charge in [-0.05, 0) is 37.8 Å². The topological polar surface area (TPSA) is 81.8 Å². The fourth-order valence-corrected chi connectivity index (χ4v) is 4.32. The summed E-state index contributed by atoms with van der Waals surface area (Å²) in [5.74, 6) is 0.0772. The minimum absolute atomic E-state index is 0.0799. The van der Waals surface area contributed by atoms with E-state index in [-0.39, 0.29) is 24.2 Å². The molecule has 3 aromatic rings. The molecule has 2 aromatic heterocycles. The highest BCUT2D eigenvalue weighted by molar-refractivity contribution is 6.01. The van der Waals surface area contributed by atoms with Crippen molar-refractivity contribution in [3.63, 3.8) is 0 Å². The molecule has 156 valence electrons. The van der Waals surface area contributed by atoms with E-state index in [0.717, 1.165) is 35.4 Å². The van der Waals surface area contributed by atoms with E-state index in [4.69, 9.17) is 0 Å². The maximum absolute atomic E-state index is 12.8. The second-order valence-corrected chi connectivity index (χ2v) is 8.00. The number of nitrogens with zero attached hydrogens (tertiary/aromatic N) is 4. The van der Waals surface area contributed by atoms with Crippen LogP contribution < -0.4 is 5.32 Å². The van der Waals surface area contributed by atoms with Crippen LogP contribution >= 0.6 is 0 Å². The van der Waals surface area contributed by atoms with Crippen LogP contribution in [0.15, 0.2) is 43.0 Å². The lowest BCUT2D eigenvalue weighted by Crippen LogP contribution is -2.37. The summed E-state index contributed by atoms with van der Waals surface area (Å²) in [4.78, 5) is 29.5. The van der Waals surface area contributed by atoms with Crippen molar-refractivity contribution in [2.24, 2.45) is 0 Å². The smallest absolute Gasteiger partial charge is 0.224 e. The molecule has 0 bridgehead atoms. The summed E-state index contributed by atoms with van der Waals surface area (Å²) < 4.78 is 3.92. The first kappa shape index (κ1) is 20.1. The molecular formula is C23H27N5O2. The Balaban J connectivity index is 1.56. The highest BCUT2D eigenvalue weighted by atomic mass is 16.1. The van der Waals surface area contributed by atoms with E-state index >= 15 is 0 Å². The summed E-state index contributed by atoms with van der Waals surface area (Å²) in [7, 11) is 0. The highest BCUT2D eigenvalue weighted by Gasteiger charge is 2.29. The fraction of sp³-hybridized carbons (Fsp3) is 0.391. The molecule has 30 heavy (non-hydrogen) atoms. The van der Waals surface area contributed by atoms with Crippen molar-refractivity contribution in [2.75, 3.05) is 0 Å². The Kier molecular flexibility index (Phi) is 5.79. The number of carbonyl (C=O) groups excluding carboxylic acids is 2. The third-order valence-corrected chi connectivity index (χ3v) is 5.71. The predicted molar refractivity (Wildman–Crippen MR) is 113 cm³/mol. The largest absolute Gasteiger partial charge is 0.351 e. The maximum Gasteiger partial charge on any atom is 0.224 e. The number of ketones is 1. The van der Waals surface area contributed by atoms with Crippen molar-refractivity contribution in [1.82, 2.24) is 24.6 Å². The molecule has 1 aromatic carbocycles. The van der Waals surface area contributed by atoms with Gasteiger partial charge in [0.1, 0.15) is 12.7 Å². The first-order valence-corrected chi connectivity index (χ1v) is 10.4. The number of rotatable bonds is 7. The van der Waals surface area contributed by atoms with Crippen LogP contribution in [0.3, 0.4) is 0 Å². The van der Waals surface area contributed by atoms with Crippen LogP contribution in [0, 0.1) is 6.92 Å². The number of fused-ring (bicyclic) bond motifs is 1. The molecule has 0 saturated heterocycles. The SMILES string of the molecule is Cc1c(CC(=O)N[C@H](C)Cn2cncn2)c2c(n1Cc1ccccc1)CCCC2=O. The standard InChI is InChI=1S/C23H27N5O2/c1-16(12-27-15-24-14-25-27)26-22(30)11-19-17(2)28(13-18-7-4-3-5-8-18)20-9-6-10-21(29)23(19)20/h3-5,7-8,14-16H,6,9-13H2,1-2H3,(H,26,30)/t16-/m1/s1. The van der Waals surface area contributed by atoms with Gasteiger partial charge < -0.3 is 9.88 Å². The fourth-order valence-electron chi connectivity index (χ4n) is 4.32. The molecule has 7 heteroatoms. The van der Waals surface area contributed by atoms with Crippen LogP contribution in [-0.4, -0.2) is 37.1 Å². The molecule has 2 heterocycles. The highest BCUT2D eigenvalue weighted by Crippen LogP contribution is 2.31. The molecule has 0 saturated carbocycles. The van der Waals surface area contributed by atoms with Gasteiger partial charge in [0.05, 0.1) is 13.0 Å². The van der Waals surface area contributed by atoms with Gasteiger partial charge in [-0.25, -0.2) is 4.98 Å². The zero-order valence-electron chi connectivity index (χ0n) is 17.5. The predicted octanol–water partition coefficient (Wildman–Crippen LogP) is 2.70. The van der Waals surface area contributed by atoms with Crippen molar-refractivity contribution < 1.29 is 9.59 Å². The first-order valence-electron chi connectivity index (χ1n) is 10.4. The van der Waals surface area contributed by atoms with Crippen molar-refractivity contribution in [3.05, 3.63) is 71.1 Å². The van der Waals surface area contributed by atoms with Gasteiger partial charge in [-0.15, -0.1) is 0 Å². The molecule has 0 aliphatic heterocycles. The second-order valence-electron chi connectivity index (χ2n) is 8.00. The summed E-state index contributed by atoms with van der Waals surface area (Å²) >= 11 is 0. The number of aromatic nitrogens is 4. The van der Waals surface area contributed by atoms with E-state index in [1.54, 1.807) is 11.0 Å². The molecule has 0 fully saturated rings. The Hall–Kier alpha value is -3.22. The number of hydrogen-bond acceptors (Lipinski definition) is 4. The zero-order valence-corrected chi connectivity index (χ0v) is 17.5. The monoisotopic (exact) mass is 405 g/mol. The maximum atomic E-state index is 12.8. The lowest BCUT2D eigenvalue weighted by molar-refractivity contribution is -0.121. The summed E-state index contributed by atoms with van der Waals surface area (Å²) in [6.45, 7) is 5.23. The van der Waals surface area contributed by atoms with Gasteiger partial charge in [0, 0.05) is 36.0 Å². The first-order chi connectivity index (χ1) is 14.5. The number of hydrogen-bond donors (Lipinski definition) is 1. The van der Waals surface area contributed by atoms with Crippen LogP contribution in [0.4, 0.5) is 0 Å². The molecule has 1 aliphatic carbocycles. The second kappa shape index (κ2) is 8.65. The minimum atomic E-state index is -0.0857. The average molecular weight is 406 g/mol. The minimum Gasteiger partial charge on any atom is -0.351 e. The quantitative estimate of drug-likeness (QED) is 0.655. The van der Waals surface area contributed by atoms with Crippen molar-refractivity contribution in [3.8, 4) is 0 Å². The molecule has 1 atom stereocenters. The van der Waals surface area contributed by atoms with Crippen molar-refractivity contribution >= 4 is 11.7 Å². The number of nitrogens with one attached hydrogen (secondary N) is 1. The summed E-state index contributed by atoms with van der Waals surface area (Å²) in [5.41, 5.74) is 4.92. The van der Waals surface area contributed by atoms with Gasteiger partial charge in [-0.2, -0.15) is 5.10 Å². The van der Waals surface area contributed by atoms with Gasteiger partial charge in [-0.1, -0.05) is 30.3 Å². The van der Waals surface area contributed by atoms with Crippen LogP contribution in [-0.2, 0) is 30.7 Å². The molecule has 0 spiro atoms. The summed E-state index contributed by atoms with van der Waals surface area (Å²) in [6.07, 6.45) is 5.61. The molecule has 1 N–H and O–H groups in total. The van der Waals surface area contributed by atoms with Gasteiger partial charge in [-0.3, -0.25) is 14.3 Å². The van der Waals surface area contributed by atoms with Crippen LogP contribution in [0.5, 0.6) is 0 Å². The molecular weight excluding hydrogens is 378 g/mol. The lowest BCUT2D eigenvalue weighted by Gasteiger charge is -2.16. The van der Waals surface area contributed by atoms with Crippen LogP contribution in [0.1, 0.15) is 52.6 Å². The zero-order chi connectivity index (χ0) is 21.1. The third-order valence-electron chi connectivity index (χ3n) is 5.71. The van der Waals surface area contributed by atoms with E-state index < -0.39 is 0 Å².